The Morgan fingerprint density at radius 2 is 1.81 bits per heavy atom. The monoisotopic (exact) mass is 261 g/mol. The maximum atomic E-state index is 6.14. The molecule has 0 amide bonds. The smallest absolute Gasteiger partial charge is 0.0465 e. The van der Waals surface area contributed by atoms with E-state index >= 15 is 0 Å². The Kier molecular flexibility index (Phi) is 5.56. The molecule has 0 radical (unpaired) electrons. The minimum atomic E-state index is -0.0636. The zero-order valence-electron chi connectivity index (χ0n) is 9.54. The van der Waals surface area contributed by atoms with Crippen LogP contribution in [0.5, 0.6) is 0 Å². The summed E-state index contributed by atoms with van der Waals surface area (Å²) in [5.74, 6) is 0.328. The molecule has 2 unspecified atom stereocenters. The highest BCUT2D eigenvalue weighted by molar-refractivity contribution is 6.34. The number of hydrogen-bond donors (Lipinski definition) is 1. The van der Waals surface area contributed by atoms with Gasteiger partial charge in [-0.25, -0.2) is 0 Å². The van der Waals surface area contributed by atoms with Crippen molar-refractivity contribution >= 4 is 23.2 Å². The molecule has 0 saturated carbocycles. The Labute approximate surface area is 107 Å². The summed E-state index contributed by atoms with van der Waals surface area (Å²) < 4.78 is 5.04. The second-order valence-corrected chi connectivity index (χ2v) is 4.86. The molecule has 90 valence electrons. The number of methoxy groups -OCH3 is 1. The van der Waals surface area contributed by atoms with Crippen molar-refractivity contribution in [3.63, 3.8) is 0 Å². The minimum Gasteiger partial charge on any atom is -0.385 e. The summed E-state index contributed by atoms with van der Waals surface area (Å²) in [6.45, 7) is 2.81. The maximum absolute atomic E-state index is 6.14. The van der Waals surface area contributed by atoms with Crippen molar-refractivity contribution in [3.8, 4) is 0 Å². The van der Waals surface area contributed by atoms with Crippen molar-refractivity contribution in [2.45, 2.75) is 19.4 Å². The van der Waals surface area contributed by atoms with Crippen molar-refractivity contribution < 1.29 is 4.74 Å². The van der Waals surface area contributed by atoms with Crippen molar-refractivity contribution in [2.24, 2.45) is 11.7 Å². The molecule has 0 fully saturated rings. The van der Waals surface area contributed by atoms with Gasteiger partial charge in [-0.15, -0.1) is 0 Å². The van der Waals surface area contributed by atoms with Crippen LogP contribution >= 0.6 is 23.2 Å². The predicted octanol–water partition coefficient (Wildman–Crippen LogP) is 3.67. The first-order valence-corrected chi connectivity index (χ1v) is 6.00. The number of hydrogen-bond acceptors (Lipinski definition) is 2. The van der Waals surface area contributed by atoms with E-state index in [0.717, 1.165) is 12.0 Å². The lowest BCUT2D eigenvalue weighted by Gasteiger charge is -2.20. The lowest BCUT2D eigenvalue weighted by atomic mass is 9.93. The van der Waals surface area contributed by atoms with Gasteiger partial charge >= 0.3 is 0 Å². The molecular weight excluding hydrogens is 245 g/mol. The van der Waals surface area contributed by atoms with Crippen molar-refractivity contribution in [1.82, 2.24) is 0 Å². The van der Waals surface area contributed by atoms with Gasteiger partial charge in [0.2, 0.25) is 0 Å². The molecule has 1 rings (SSSR count). The van der Waals surface area contributed by atoms with E-state index in [0.29, 0.717) is 22.6 Å². The summed E-state index contributed by atoms with van der Waals surface area (Å²) in [4.78, 5) is 0. The van der Waals surface area contributed by atoms with E-state index in [4.69, 9.17) is 33.7 Å². The van der Waals surface area contributed by atoms with E-state index < -0.39 is 0 Å². The molecule has 0 aliphatic carbocycles. The largest absolute Gasteiger partial charge is 0.385 e. The predicted molar refractivity (Wildman–Crippen MR) is 69.0 cm³/mol. The van der Waals surface area contributed by atoms with E-state index in [1.54, 1.807) is 13.2 Å². The third-order valence-corrected chi connectivity index (χ3v) is 3.10. The molecule has 0 heterocycles. The normalized spacial score (nSPS) is 14.8. The highest BCUT2D eigenvalue weighted by atomic mass is 35.5. The van der Waals surface area contributed by atoms with Gasteiger partial charge < -0.3 is 10.5 Å². The summed E-state index contributed by atoms with van der Waals surface area (Å²) in [6.07, 6.45) is 0.918. The summed E-state index contributed by atoms with van der Waals surface area (Å²) >= 11 is 11.9. The quantitative estimate of drug-likeness (QED) is 0.878. The van der Waals surface area contributed by atoms with Crippen LogP contribution in [0.3, 0.4) is 0 Å². The Hall–Kier alpha value is -0.280. The zero-order chi connectivity index (χ0) is 12.1. The third kappa shape index (κ3) is 3.95. The molecule has 0 saturated heterocycles. The molecule has 2 N–H and O–H groups in total. The minimum absolute atomic E-state index is 0.0636. The SMILES string of the molecule is COCCC(C)C(N)c1cc(Cl)cc(Cl)c1. The molecule has 1 aromatic rings. The van der Waals surface area contributed by atoms with E-state index in [1.165, 1.54) is 0 Å². The molecule has 1 aromatic carbocycles. The maximum Gasteiger partial charge on any atom is 0.0465 e. The number of halogens is 2. The first-order valence-electron chi connectivity index (χ1n) is 5.25. The molecular formula is C12H17Cl2NO. The van der Waals surface area contributed by atoms with Gasteiger partial charge in [0.05, 0.1) is 0 Å². The summed E-state index contributed by atoms with van der Waals surface area (Å²) in [7, 11) is 1.69. The highest BCUT2D eigenvalue weighted by Crippen LogP contribution is 2.27. The van der Waals surface area contributed by atoms with Crippen LogP contribution < -0.4 is 5.73 Å². The lowest BCUT2D eigenvalue weighted by Crippen LogP contribution is -2.20. The van der Waals surface area contributed by atoms with Gasteiger partial charge in [-0.3, -0.25) is 0 Å². The second-order valence-electron chi connectivity index (χ2n) is 3.99. The van der Waals surface area contributed by atoms with E-state index in [1.807, 2.05) is 12.1 Å². The molecule has 4 heteroatoms. The van der Waals surface area contributed by atoms with E-state index in [2.05, 4.69) is 6.92 Å². The van der Waals surface area contributed by atoms with Gasteiger partial charge in [0.1, 0.15) is 0 Å². The standard InChI is InChI=1S/C12H17Cl2NO/c1-8(3-4-16-2)12(15)9-5-10(13)7-11(14)6-9/h5-8,12H,3-4,15H2,1-2H3. The van der Waals surface area contributed by atoms with Crippen LogP contribution in [0.2, 0.25) is 10.0 Å². The Balaban J connectivity index is 2.74. The third-order valence-electron chi connectivity index (χ3n) is 2.66. The Bertz CT molecular complexity index is 324. The van der Waals surface area contributed by atoms with Crippen molar-refractivity contribution in [2.75, 3.05) is 13.7 Å². The van der Waals surface area contributed by atoms with E-state index in [9.17, 15) is 0 Å². The Morgan fingerprint density at radius 1 is 1.25 bits per heavy atom. The molecule has 16 heavy (non-hydrogen) atoms. The van der Waals surface area contributed by atoms with Crippen molar-refractivity contribution in [3.05, 3.63) is 33.8 Å². The van der Waals surface area contributed by atoms with Crippen LogP contribution in [0.1, 0.15) is 24.9 Å². The average Bonchev–Trinajstić information content (AvgIpc) is 2.23. The van der Waals surface area contributed by atoms with Gasteiger partial charge in [-0.2, -0.15) is 0 Å². The van der Waals surface area contributed by atoms with Gasteiger partial charge in [-0.1, -0.05) is 30.1 Å². The molecule has 0 spiro atoms. The first-order chi connectivity index (χ1) is 7.54. The number of benzene rings is 1. The highest BCUT2D eigenvalue weighted by Gasteiger charge is 2.15. The summed E-state index contributed by atoms with van der Waals surface area (Å²) in [6, 6.07) is 5.37. The zero-order valence-corrected chi connectivity index (χ0v) is 11.1. The summed E-state index contributed by atoms with van der Waals surface area (Å²) in [5.41, 5.74) is 7.12. The molecule has 0 aliphatic rings. The molecule has 0 aliphatic heterocycles. The first kappa shape index (κ1) is 13.8. The molecule has 0 bridgehead atoms. The fraction of sp³-hybridized carbons (Fsp3) is 0.500. The van der Waals surface area contributed by atoms with Gasteiger partial charge in [0, 0.05) is 29.8 Å². The van der Waals surface area contributed by atoms with Crippen LogP contribution in [0.15, 0.2) is 18.2 Å². The molecule has 2 nitrogen and oxygen atoms in total. The van der Waals surface area contributed by atoms with E-state index in [-0.39, 0.29) is 6.04 Å². The van der Waals surface area contributed by atoms with Crippen LogP contribution in [0.25, 0.3) is 0 Å². The number of ether oxygens (including phenoxy) is 1. The van der Waals surface area contributed by atoms with Crippen LogP contribution in [0, 0.1) is 5.92 Å². The molecule has 0 aromatic heterocycles. The van der Waals surface area contributed by atoms with Gasteiger partial charge in [0.25, 0.3) is 0 Å². The van der Waals surface area contributed by atoms with Gasteiger partial charge in [0.15, 0.2) is 0 Å². The van der Waals surface area contributed by atoms with Crippen LogP contribution in [-0.2, 0) is 4.74 Å². The topological polar surface area (TPSA) is 35.2 Å². The van der Waals surface area contributed by atoms with Crippen molar-refractivity contribution in [1.29, 1.82) is 0 Å². The fourth-order valence-corrected chi connectivity index (χ4v) is 2.12. The number of nitrogens with two attached hydrogens (primary N) is 1. The van der Waals surface area contributed by atoms with Crippen LogP contribution in [0.4, 0.5) is 0 Å². The number of rotatable bonds is 5. The Morgan fingerprint density at radius 3 is 2.31 bits per heavy atom. The second kappa shape index (κ2) is 6.45. The fourth-order valence-electron chi connectivity index (χ4n) is 1.58. The lowest BCUT2D eigenvalue weighted by molar-refractivity contribution is 0.174. The average molecular weight is 262 g/mol. The summed E-state index contributed by atoms with van der Waals surface area (Å²) in [5, 5.41) is 1.24. The van der Waals surface area contributed by atoms with Crippen LogP contribution in [-0.4, -0.2) is 13.7 Å². The van der Waals surface area contributed by atoms with Gasteiger partial charge in [-0.05, 0) is 36.1 Å². The molecule has 2 atom stereocenters.